The highest BCUT2D eigenvalue weighted by Gasteiger charge is 2.29. The van der Waals surface area contributed by atoms with Gasteiger partial charge in [-0.1, -0.05) is 0 Å². The molecule has 0 radical (unpaired) electrons. The number of anilines is 1. The molecule has 104 valence electrons. The van der Waals surface area contributed by atoms with Gasteiger partial charge in [-0.25, -0.2) is 4.39 Å². The monoisotopic (exact) mass is 329 g/mol. The van der Waals surface area contributed by atoms with Crippen LogP contribution in [-0.4, -0.2) is 29.6 Å². The minimum absolute atomic E-state index is 0.168. The Morgan fingerprint density at radius 2 is 2.05 bits per heavy atom. The summed E-state index contributed by atoms with van der Waals surface area (Å²) in [7, 11) is 0. The first-order chi connectivity index (χ1) is 8.82. The molecular formula is C13H17BrFN3O. The molecule has 0 spiro atoms. The van der Waals surface area contributed by atoms with E-state index in [-0.39, 0.29) is 10.3 Å². The van der Waals surface area contributed by atoms with Crippen LogP contribution in [0.2, 0.25) is 0 Å². The molecule has 1 aromatic rings. The molecule has 0 unspecified atom stereocenters. The normalized spacial score (nSPS) is 18.4. The van der Waals surface area contributed by atoms with Crippen LogP contribution >= 0.6 is 15.9 Å². The van der Waals surface area contributed by atoms with Gasteiger partial charge in [0.25, 0.3) is 0 Å². The molecule has 6 heteroatoms. The van der Waals surface area contributed by atoms with Crippen molar-refractivity contribution in [1.82, 2.24) is 0 Å². The van der Waals surface area contributed by atoms with E-state index < -0.39 is 11.4 Å². The second-order valence-electron chi connectivity index (χ2n) is 5.16. The minimum atomic E-state index is -0.663. The number of nitrogens with zero attached hydrogens (tertiary/aromatic N) is 1. The van der Waals surface area contributed by atoms with Gasteiger partial charge in [-0.2, -0.15) is 0 Å². The third-order valence-corrected chi connectivity index (χ3v) is 4.31. The number of halogens is 2. The van der Waals surface area contributed by atoms with Crippen LogP contribution < -0.4 is 10.6 Å². The molecule has 0 aliphatic carbocycles. The van der Waals surface area contributed by atoms with Gasteiger partial charge in [-0.3, -0.25) is 5.41 Å². The van der Waals surface area contributed by atoms with Crippen LogP contribution in [0.1, 0.15) is 25.3 Å². The van der Waals surface area contributed by atoms with E-state index >= 15 is 0 Å². The first kappa shape index (κ1) is 14.3. The smallest absolute Gasteiger partial charge is 0.161 e. The van der Waals surface area contributed by atoms with E-state index in [2.05, 4.69) is 15.9 Å². The summed E-state index contributed by atoms with van der Waals surface area (Å²) in [6, 6.07) is 3.27. The third kappa shape index (κ3) is 2.90. The predicted molar refractivity (Wildman–Crippen MR) is 77.2 cm³/mol. The number of nitrogens with two attached hydrogens (primary N) is 1. The number of hydrogen-bond acceptors (Lipinski definition) is 3. The van der Waals surface area contributed by atoms with Gasteiger partial charge >= 0.3 is 0 Å². The van der Waals surface area contributed by atoms with E-state index in [0.717, 1.165) is 0 Å². The first-order valence-electron chi connectivity index (χ1n) is 6.11. The second kappa shape index (κ2) is 5.09. The molecule has 2 rings (SSSR count). The Balaban J connectivity index is 2.27. The van der Waals surface area contributed by atoms with Gasteiger partial charge in [0.15, 0.2) is 5.82 Å². The minimum Gasteiger partial charge on any atom is -0.390 e. The predicted octanol–water partition coefficient (Wildman–Crippen LogP) is 2.22. The molecule has 19 heavy (non-hydrogen) atoms. The van der Waals surface area contributed by atoms with Crippen LogP contribution in [-0.2, 0) is 0 Å². The van der Waals surface area contributed by atoms with Crippen LogP contribution in [0.25, 0.3) is 0 Å². The van der Waals surface area contributed by atoms with Crippen LogP contribution in [0.4, 0.5) is 10.1 Å². The van der Waals surface area contributed by atoms with Crippen molar-refractivity contribution in [3.05, 3.63) is 28.0 Å². The molecule has 1 fully saturated rings. The number of hydrogen-bond donors (Lipinski definition) is 3. The van der Waals surface area contributed by atoms with Gasteiger partial charge in [-0.05, 0) is 47.8 Å². The van der Waals surface area contributed by atoms with E-state index in [1.54, 1.807) is 19.1 Å². The van der Waals surface area contributed by atoms with Gasteiger partial charge in [0.1, 0.15) is 5.84 Å². The zero-order chi connectivity index (χ0) is 14.2. The highest BCUT2D eigenvalue weighted by atomic mass is 79.9. The van der Waals surface area contributed by atoms with Crippen molar-refractivity contribution in [2.24, 2.45) is 5.73 Å². The lowest BCUT2D eigenvalue weighted by Gasteiger charge is -2.37. The van der Waals surface area contributed by atoms with Crippen molar-refractivity contribution in [2.45, 2.75) is 25.4 Å². The summed E-state index contributed by atoms with van der Waals surface area (Å²) in [5.41, 5.74) is 5.56. The summed E-state index contributed by atoms with van der Waals surface area (Å²) < 4.78 is 14.5. The quantitative estimate of drug-likeness (QED) is 0.575. The molecule has 4 N–H and O–H groups in total. The van der Waals surface area contributed by atoms with Crippen LogP contribution in [0, 0.1) is 11.2 Å². The molecule has 0 aromatic heterocycles. The van der Waals surface area contributed by atoms with Gasteiger partial charge in [-0.15, -0.1) is 0 Å². The number of rotatable bonds is 2. The lowest BCUT2D eigenvalue weighted by atomic mass is 9.93. The molecule has 4 nitrogen and oxygen atoms in total. The Hall–Kier alpha value is -1.14. The lowest BCUT2D eigenvalue weighted by molar-refractivity contribution is 0.0350. The standard InChI is InChI=1S/C13H17BrFN3O/c1-13(19)4-6-18(7-5-13)9-3-2-8(12(16)17)10(14)11(9)15/h2-3,19H,4-7H2,1H3,(H3,16,17). The largest absolute Gasteiger partial charge is 0.390 e. The summed E-state index contributed by atoms with van der Waals surface area (Å²) in [4.78, 5) is 1.90. The number of benzene rings is 1. The highest BCUT2D eigenvalue weighted by Crippen LogP contribution is 2.32. The van der Waals surface area contributed by atoms with Gasteiger partial charge in [0, 0.05) is 18.7 Å². The maximum atomic E-state index is 14.3. The molecule has 1 heterocycles. The SMILES string of the molecule is CC1(O)CCN(c2ccc(C(=N)N)c(Br)c2F)CC1. The van der Waals surface area contributed by atoms with Crippen LogP contribution in [0.3, 0.4) is 0 Å². The van der Waals surface area contributed by atoms with Crippen LogP contribution in [0.5, 0.6) is 0 Å². The number of nitrogens with one attached hydrogen (secondary N) is 1. The number of piperidine rings is 1. The molecule has 1 saturated heterocycles. The summed E-state index contributed by atoms with van der Waals surface area (Å²) in [6.45, 7) is 3.01. The average molecular weight is 330 g/mol. The maximum Gasteiger partial charge on any atom is 0.161 e. The molecule has 0 bridgehead atoms. The van der Waals surface area contributed by atoms with E-state index in [4.69, 9.17) is 11.1 Å². The Labute approximate surface area is 120 Å². The molecule has 1 aromatic carbocycles. The van der Waals surface area contributed by atoms with Gasteiger partial charge in [0.2, 0.25) is 0 Å². The Morgan fingerprint density at radius 3 is 2.58 bits per heavy atom. The third-order valence-electron chi connectivity index (χ3n) is 3.53. The Kier molecular flexibility index (Phi) is 3.82. The fourth-order valence-corrected chi connectivity index (χ4v) is 2.77. The Bertz CT molecular complexity index is 509. The molecule has 0 amide bonds. The zero-order valence-electron chi connectivity index (χ0n) is 10.7. The zero-order valence-corrected chi connectivity index (χ0v) is 12.3. The molecule has 0 atom stereocenters. The number of aliphatic hydroxyl groups is 1. The fraction of sp³-hybridized carbons (Fsp3) is 0.462. The Morgan fingerprint density at radius 1 is 1.47 bits per heavy atom. The number of nitrogen functional groups attached to an aromatic ring is 1. The van der Waals surface area contributed by atoms with E-state index in [1.165, 1.54) is 0 Å². The van der Waals surface area contributed by atoms with Gasteiger partial charge < -0.3 is 15.7 Å². The van der Waals surface area contributed by atoms with Crippen molar-refractivity contribution in [1.29, 1.82) is 5.41 Å². The van der Waals surface area contributed by atoms with Crippen molar-refractivity contribution in [2.75, 3.05) is 18.0 Å². The lowest BCUT2D eigenvalue weighted by Crippen LogP contribution is -2.42. The van der Waals surface area contributed by atoms with Crippen molar-refractivity contribution >= 4 is 27.5 Å². The molecular weight excluding hydrogens is 313 g/mol. The summed E-state index contributed by atoms with van der Waals surface area (Å²) >= 11 is 3.15. The van der Waals surface area contributed by atoms with Crippen molar-refractivity contribution in [3.63, 3.8) is 0 Å². The number of amidine groups is 1. The van der Waals surface area contributed by atoms with Crippen LogP contribution in [0.15, 0.2) is 16.6 Å². The summed E-state index contributed by atoms with van der Waals surface area (Å²) in [5.74, 6) is -0.576. The van der Waals surface area contributed by atoms with E-state index in [9.17, 15) is 9.50 Å². The van der Waals surface area contributed by atoms with E-state index in [0.29, 0.717) is 37.2 Å². The van der Waals surface area contributed by atoms with Crippen molar-refractivity contribution < 1.29 is 9.50 Å². The fourth-order valence-electron chi connectivity index (χ4n) is 2.22. The second-order valence-corrected chi connectivity index (χ2v) is 5.95. The van der Waals surface area contributed by atoms with E-state index in [1.807, 2.05) is 4.90 Å². The summed E-state index contributed by atoms with van der Waals surface area (Å²) in [6.07, 6.45) is 1.22. The topological polar surface area (TPSA) is 73.3 Å². The maximum absolute atomic E-state index is 14.3. The van der Waals surface area contributed by atoms with Crippen molar-refractivity contribution in [3.8, 4) is 0 Å². The molecule has 1 aliphatic rings. The average Bonchev–Trinajstić information content (AvgIpc) is 2.33. The molecule has 1 aliphatic heterocycles. The summed E-state index contributed by atoms with van der Waals surface area (Å²) in [5, 5.41) is 17.3. The highest BCUT2D eigenvalue weighted by molar-refractivity contribution is 9.10. The van der Waals surface area contributed by atoms with Gasteiger partial charge in [0.05, 0.1) is 15.8 Å². The molecule has 0 saturated carbocycles. The first-order valence-corrected chi connectivity index (χ1v) is 6.91.